The van der Waals surface area contributed by atoms with E-state index in [-0.39, 0.29) is 13.0 Å². The molecule has 18 heavy (non-hydrogen) atoms. The smallest absolute Gasteiger partial charge is 0.411 e. The maximum Gasteiger partial charge on any atom is 0.411 e. The largest absolute Gasteiger partial charge is 0.481 e. The van der Waals surface area contributed by atoms with Crippen LogP contribution in [0.4, 0.5) is 4.79 Å². The van der Waals surface area contributed by atoms with Crippen molar-refractivity contribution in [3.05, 3.63) is 42.5 Å². The Balaban J connectivity index is 2.28. The Kier molecular flexibility index (Phi) is 5.44. The Morgan fingerprint density at radius 1 is 1.28 bits per heavy atom. The summed E-state index contributed by atoms with van der Waals surface area (Å²) in [5, 5.41) is 10.9. The molecule has 1 rings (SSSR count). The fourth-order valence-corrected chi connectivity index (χ4v) is 1.26. The lowest BCUT2D eigenvalue weighted by atomic mass is 10.2. The number of aliphatic carboxylic acids is 1. The molecule has 0 aliphatic rings. The van der Waals surface area contributed by atoms with Crippen molar-refractivity contribution in [1.82, 2.24) is 5.32 Å². The lowest BCUT2D eigenvalue weighted by Gasteiger charge is -2.08. The van der Waals surface area contributed by atoms with Gasteiger partial charge in [0.2, 0.25) is 0 Å². The van der Waals surface area contributed by atoms with Crippen LogP contribution in [0.1, 0.15) is 18.4 Å². The molecule has 0 aliphatic heterocycles. The molecule has 1 aromatic rings. The molecule has 1 aromatic carbocycles. The maximum absolute atomic E-state index is 11.3. The van der Waals surface area contributed by atoms with Crippen LogP contribution in [0.5, 0.6) is 0 Å². The van der Waals surface area contributed by atoms with Crippen molar-refractivity contribution < 1.29 is 19.4 Å². The summed E-state index contributed by atoms with van der Waals surface area (Å²) in [6.45, 7) is 3.78. The summed E-state index contributed by atoms with van der Waals surface area (Å²) in [6, 6.07) is 9.15. The fraction of sp³-hybridized carbons (Fsp3) is 0.231. The van der Waals surface area contributed by atoms with Gasteiger partial charge < -0.3 is 9.84 Å². The van der Waals surface area contributed by atoms with E-state index in [1.54, 1.807) is 0 Å². The number of ether oxygens (including phenoxy) is 1. The standard InChI is InChI=1S/C13H15NO4/c1-10(11-6-3-2-4-7-11)14-13(17)18-9-5-8-12(15)16/h2-4,6-7H,1,5,8-9H2,(H,14,17)(H,15,16). The monoisotopic (exact) mass is 249 g/mol. The molecule has 0 saturated carbocycles. The SMILES string of the molecule is C=C(NC(=O)OCCCC(=O)O)c1ccccc1. The topological polar surface area (TPSA) is 75.6 Å². The minimum absolute atomic E-state index is 0.0209. The number of carbonyl (C=O) groups is 2. The van der Waals surface area contributed by atoms with Gasteiger partial charge in [-0.05, 0) is 12.0 Å². The van der Waals surface area contributed by atoms with Crippen molar-refractivity contribution in [2.24, 2.45) is 0 Å². The summed E-state index contributed by atoms with van der Waals surface area (Å²) in [4.78, 5) is 21.6. The first kappa shape index (κ1) is 13.8. The highest BCUT2D eigenvalue weighted by molar-refractivity contribution is 5.80. The number of carboxylic acid groups (broad SMARTS) is 1. The average molecular weight is 249 g/mol. The maximum atomic E-state index is 11.3. The van der Waals surface area contributed by atoms with E-state index in [0.29, 0.717) is 12.1 Å². The van der Waals surface area contributed by atoms with Gasteiger partial charge in [-0.15, -0.1) is 0 Å². The van der Waals surface area contributed by atoms with Crippen molar-refractivity contribution in [3.8, 4) is 0 Å². The van der Waals surface area contributed by atoms with E-state index in [1.165, 1.54) is 0 Å². The number of carbonyl (C=O) groups excluding carboxylic acids is 1. The third kappa shape index (κ3) is 5.16. The lowest BCUT2D eigenvalue weighted by Crippen LogP contribution is -2.23. The molecule has 0 saturated heterocycles. The molecule has 0 unspecified atom stereocenters. The Hall–Kier alpha value is -2.30. The van der Waals surface area contributed by atoms with E-state index in [0.717, 1.165) is 5.56 Å². The van der Waals surface area contributed by atoms with Crippen LogP contribution in [0.3, 0.4) is 0 Å². The highest BCUT2D eigenvalue weighted by atomic mass is 16.5. The molecule has 5 heteroatoms. The number of hydrogen-bond donors (Lipinski definition) is 2. The second kappa shape index (κ2) is 7.11. The normalized spacial score (nSPS) is 9.56. The summed E-state index contributed by atoms with van der Waals surface area (Å²) in [6.07, 6.45) is -0.359. The molecule has 0 spiro atoms. The lowest BCUT2D eigenvalue weighted by molar-refractivity contribution is -0.137. The molecule has 0 bridgehead atoms. The minimum Gasteiger partial charge on any atom is -0.481 e. The third-order valence-electron chi connectivity index (χ3n) is 2.14. The van der Waals surface area contributed by atoms with Crippen LogP contribution in [0, 0.1) is 0 Å². The van der Waals surface area contributed by atoms with Crippen molar-refractivity contribution in [1.29, 1.82) is 0 Å². The van der Waals surface area contributed by atoms with Crippen LogP contribution in [0.2, 0.25) is 0 Å². The van der Waals surface area contributed by atoms with E-state index in [9.17, 15) is 9.59 Å². The van der Waals surface area contributed by atoms with Crippen molar-refractivity contribution in [2.75, 3.05) is 6.61 Å². The number of carboxylic acids is 1. The summed E-state index contributed by atoms with van der Waals surface area (Å²) in [5.41, 5.74) is 1.24. The molecule has 0 atom stereocenters. The van der Waals surface area contributed by atoms with Gasteiger partial charge in [0.1, 0.15) is 0 Å². The van der Waals surface area contributed by atoms with Crippen molar-refractivity contribution in [3.63, 3.8) is 0 Å². The fourth-order valence-electron chi connectivity index (χ4n) is 1.26. The van der Waals surface area contributed by atoms with Gasteiger partial charge in [-0.3, -0.25) is 10.1 Å². The van der Waals surface area contributed by atoms with E-state index in [4.69, 9.17) is 9.84 Å². The summed E-state index contributed by atoms with van der Waals surface area (Å²) >= 11 is 0. The zero-order valence-electron chi connectivity index (χ0n) is 9.89. The second-order valence-corrected chi connectivity index (χ2v) is 3.60. The van der Waals surface area contributed by atoms with Gasteiger partial charge >= 0.3 is 12.1 Å². The molecular formula is C13H15NO4. The molecule has 0 aliphatic carbocycles. The van der Waals surface area contributed by atoms with Crippen LogP contribution >= 0.6 is 0 Å². The Labute approximate surface area is 105 Å². The van der Waals surface area contributed by atoms with Gasteiger partial charge in [0, 0.05) is 12.1 Å². The molecule has 5 nitrogen and oxygen atoms in total. The van der Waals surface area contributed by atoms with E-state index < -0.39 is 12.1 Å². The predicted molar refractivity (Wildman–Crippen MR) is 66.8 cm³/mol. The molecule has 2 N–H and O–H groups in total. The molecule has 0 fully saturated rings. The summed E-state index contributed by atoms with van der Waals surface area (Å²) in [5.74, 6) is -0.910. The highest BCUT2D eigenvalue weighted by Crippen LogP contribution is 2.08. The number of benzene rings is 1. The molecule has 1 amide bonds. The first-order valence-corrected chi connectivity index (χ1v) is 5.49. The van der Waals surface area contributed by atoms with Crippen LogP contribution < -0.4 is 5.32 Å². The van der Waals surface area contributed by atoms with Crippen molar-refractivity contribution >= 4 is 17.8 Å². The Bertz CT molecular complexity index is 428. The number of rotatable bonds is 6. The number of nitrogens with one attached hydrogen (secondary N) is 1. The zero-order valence-corrected chi connectivity index (χ0v) is 9.89. The van der Waals surface area contributed by atoms with Gasteiger partial charge in [0.05, 0.1) is 6.61 Å². The van der Waals surface area contributed by atoms with Gasteiger partial charge in [-0.2, -0.15) is 0 Å². The van der Waals surface area contributed by atoms with E-state index in [1.807, 2.05) is 30.3 Å². The van der Waals surface area contributed by atoms with Crippen LogP contribution in [-0.2, 0) is 9.53 Å². The van der Waals surface area contributed by atoms with Gasteiger partial charge in [0.25, 0.3) is 0 Å². The van der Waals surface area contributed by atoms with Crippen LogP contribution in [-0.4, -0.2) is 23.8 Å². The van der Waals surface area contributed by atoms with Gasteiger partial charge in [-0.25, -0.2) is 4.79 Å². The highest BCUT2D eigenvalue weighted by Gasteiger charge is 2.05. The second-order valence-electron chi connectivity index (χ2n) is 3.60. The molecular weight excluding hydrogens is 234 g/mol. The van der Waals surface area contributed by atoms with Crippen LogP contribution in [0.15, 0.2) is 36.9 Å². The molecule has 0 heterocycles. The summed E-state index contributed by atoms with van der Waals surface area (Å²) < 4.78 is 4.81. The number of hydrogen-bond acceptors (Lipinski definition) is 3. The third-order valence-corrected chi connectivity index (χ3v) is 2.14. The number of alkyl carbamates (subject to hydrolysis) is 1. The Morgan fingerprint density at radius 3 is 2.56 bits per heavy atom. The van der Waals surface area contributed by atoms with Gasteiger partial charge in [-0.1, -0.05) is 36.9 Å². The minimum atomic E-state index is -0.910. The van der Waals surface area contributed by atoms with E-state index >= 15 is 0 Å². The Morgan fingerprint density at radius 2 is 1.94 bits per heavy atom. The zero-order chi connectivity index (χ0) is 13.4. The quantitative estimate of drug-likeness (QED) is 0.758. The molecule has 96 valence electrons. The number of amides is 1. The first-order chi connectivity index (χ1) is 8.59. The predicted octanol–water partition coefficient (Wildman–Crippen LogP) is 2.25. The van der Waals surface area contributed by atoms with Gasteiger partial charge in [0.15, 0.2) is 0 Å². The average Bonchev–Trinajstić information content (AvgIpc) is 2.35. The first-order valence-electron chi connectivity index (χ1n) is 5.49. The summed E-state index contributed by atoms with van der Waals surface area (Å²) in [7, 11) is 0. The van der Waals surface area contributed by atoms with Crippen molar-refractivity contribution in [2.45, 2.75) is 12.8 Å². The molecule has 0 radical (unpaired) electrons. The van der Waals surface area contributed by atoms with E-state index in [2.05, 4.69) is 11.9 Å². The van der Waals surface area contributed by atoms with Crippen LogP contribution in [0.25, 0.3) is 5.70 Å². The molecule has 0 aromatic heterocycles.